The van der Waals surface area contributed by atoms with E-state index in [0.717, 1.165) is 0 Å². The van der Waals surface area contributed by atoms with Gasteiger partial charge in [0, 0.05) is 17.5 Å². The summed E-state index contributed by atoms with van der Waals surface area (Å²) in [5.41, 5.74) is -0.251. The molecule has 0 radical (unpaired) electrons. The predicted molar refractivity (Wildman–Crippen MR) is 77.1 cm³/mol. The van der Waals surface area contributed by atoms with Gasteiger partial charge in [0.05, 0.1) is 12.0 Å². The number of aromatic nitrogens is 5. The number of para-hydroxylation sites is 1. The van der Waals surface area contributed by atoms with E-state index >= 15 is 0 Å². The topological polar surface area (TPSA) is 149 Å². The first kappa shape index (κ1) is 14.3. The fourth-order valence-corrected chi connectivity index (χ4v) is 2.02. The van der Waals surface area contributed by atoms with E-state index in [2.05, 4.69) is 30.9 Å². The number of fused-ring (bicyclic) bond motifs is 1. The van der Waals surface area contributed by atoms with Crippen LogP contribution in [0, 0.1) is 10.1 Å². The summed E-state index contributed by atoms with van der Waals surface area (Å²) >= 11 is 0. The minimum Gasteiger partial charge on any atom is -0.496 e. The third kappa shape index (κ3) is 2.62. The number of carbonyl (C=O) groups excluding carboxylic acids is 1. The van der Waals surface area contributed by atoms with Crippen LogP contribution in [-0.4, -0.2) is 43.5 Å². The molecule has 0 saturated carbocycles. The van der Waals surface area contributed by atoms with E-state index in [0.29, 0.717) is 5.39 Å². The third-order valence-corrected chi connectivity index (χ3v) is 3.00. The lowest BCUT2D eigenvalue weighted by molar-refractivity contribution is -0.383. The summed E-state index contributed by atoms with van der Waals surface area (Å²) in [7, 11) is 1.40. The van der Waals surface area contributed by atoms with Gasteiger partial charge < -0.3 is 4.74 Å². The number of aromatic amines is 1. The molecule has 1 amide bonds. The smallest absolute Gasteiger partial charge is 0.295 e. The standard InChI is InChI=1S/C12H9N7O4/c1-23-9-5-7(11(20)14-12-15-17-18-16-12)13-10-6(9)3-2-4-8(10)19(21)22/h2-5H,1H3,(H2,14,15,16,17,18,20). The van der Waals surface area contributed by atoms with Crippen molar-refractivity contribution < 1.29 is 14.5 Å². The zero-order valence-electron chi connectivity index (χ0n) is 11.7. The molecule has 2 N–H and O–H groups in total. The second kappa shape index (κ2) is 5.63. The molecule has 11 nitrogen and oxygen atoms in total. The van der Waals surface area contributed by atoms with Crippen molar-refractivity contribution in [2.75, 3.05) is 12.4 Å². The maximum absolute atomic E-state index is 12.2. The molecule has 23 heavy (non-hydrogen) atoms. The number of tetrazole rings is 1. The number of carbonyl (C=O) groups is 1. The van der Waals surface area contributed by atoms with E-state index in [-0.39, 0.29) is 28.6 Å². The summed E-state index contributed by atoms with van der Waals surface area (Å²) in [6.07, 6.45) is 0. The largest absolute Gasteiger partial charge is 0.496 e. The predicted octanol–water partition coefficient (Wildman–Crippen LogP) is 0.917. The Morgan fingerprint density at radius 2 is 2.26 bits per heavy atom. The Balaban J connectivity index is 2.12. The Labute approximate surface area is 127 Å². The average molecular weight is 315 g/mol. The maximum atomic E-state index is 12.2. The summed E-state index contributed by atoms with van der Waals surface area (Å²) in [6, 6.07) is 5.82. The van der Waals surface area contributed by atoms with Crippen molar-refractivity contribution in [1.29, 1.82) is 0 Å². The number of nitro benzene ring substituents is 1. The van der Waals surface area contributed by atoms with Gasteiger partial charge in [-0.15, -0.1) is 5.10 Å². The van der Waals surface area contributed by atoms with Crippen LogP contribution in [0.4, 0.5) is 11.6 Å². The number of amides is 1. The fourth-order valence-electron chi connectivity index (χ4n) is 2.02. The molecular formula is C12H9N7O4. The number of H-pyrrole nitrogens is 1. The van der Waals surface area contributed by atoms with E-state index < -0.39 is 10.8 Å². The molecule has 0 atom stereocenters. The highest BCUT2D eigenvalue weighted by molar-refractivity contribution is 6.05. The van der Waals surface area contributed by atoms with Crippen molar-refractivity contribution in [3.63, 3.8) is 0 Å². The van der Waals surface area contributed by atoms with Crippen molar-refractivity contribution in [2.45, 2.75) is 0 Å². The Kier molecular flexibility index (Phi) is 3.51. The number of methoxy groups -OCH3 is 1. The molecule has 0 unspecified atom stereocenters. The lowest BCUT2D eigenvalue weighted by Gasteiger charge is -2.08. The number of hydrogen-bond donors (Lipinski definition) is 2. The zero-order valence-corrected chi connectivity index (χ0v) is 11.7. The van der Waals surface area contributed by atoms with Crippen LogP contribution >= 0.6 is 0 Å². The molecule has 3 aromatic rings. The van der Waals surface area contributed by atoms with Crippen LogP contribution in [0.5, 0.6) is 5.75 Å². The van der Waals surface area contributed by atoms with Crippen LogP contribution in [0.15, 0.2) is 24.3 Å². The van der Waals surface area contributed by atoms with E-state index in [1.54, 1.807) is 6.07 Å². The lowest BCUT2D eigenvalue weighted by atomic mass is 10.1. The molecule has 2 aromatic heterocycles. The van der Waals surface area contributed by atoms with Crippen LogP contribution in [0.1, 0.15) is 10.5 Å². The number of pyridine rings is 1. The molecule has 3 rings (SSSR count). The first-order valence-corrected chi connectivity index (χ1v) is 6.27. The number of hydrogen-bond acceptors (Lipinski definition) is 8. The molecule has 0 spiro atoms. The van der Waals surface area contributed by atoms with Crippen molar-refractivity contribution in [1.82, 2.24) is 25.6 Å². The quantitative estimate of drug-likeness (QED) is 0.533. The van der Waals surface area contributed by atoms with Crippen LogP contribution < -0.4 is 10.1 Å². The summed E-state index contributed by atoms with van der Waals surface area (Å²) in [4.78, 5) is 26.8. The van der Waals surface area contributed by atoms with E-state index in [4.69, 9.17) is 4.74 Å². The maximum Gasteiger partial charge on any atom is 0.295 e. The second-order valence-corrected chi connectivity index (χ2v) is 4.33. The van der Waals surface area contributed by atoms with E-state index in [1.807, 2.05) is 0 Å². The van der Waals surface area contributed by atoms with Crippen LogP contribution in [-0.2, 0) is 0 Å². The minimum atomic E-state index is -0.648. The Bertz CT molecular complexity index is 894. The van der Waals surface area contributed by atoms with Crippen LogP contribution in [0.2, 0.25) is 0 Å². The average Bonchev–Trinajstić information content (AvgIpc) is 3.05. The highest BCUT2D eigenvalue weighted by Gasteiger charge is 2.20. The molecule has 116 valence electrons. The fraction of sp³-hybridized carbons (Fsp3) is 0.0833. The first-order chi connectivity index (χ1) is 11.1. The summed E-state index contributed by atoms with van der Waals surface area (Å²) in [5.74, 6) is -0.403. The lowest BCUT2D eigenvalue weighted by Crippen LogP contribution is -2.15. The normalized spacial score (nSPS) is 10.5. The van der Waals surface area contributed by atoms with Gasteiger partial charge in [-0.2, -0.15) is 5.21 Å². The van der Waals surface area contributed by atoms with Gasteiger partial charge in [-0.25, -0.2) is 4.98 Å². The summed E-state index contributed by atoms with van der Waals surface area (Å²) in [5, 5.41) is 26.6. The molecule has 0 bridgehead atoms. The molecule has 0 saturated heterocycles. The Morgan fingerprint density at radius 3 is 2.91 bits per heavy atom. The third-order valence-electron chi connectivity index (χ3n) is 3.00. The van der Waals surface area contributed by atoms with Gasteiger partial charge in [0.15, 0.2) is 5.52 Å². The molecule has 1 aromatic carbocycles. The first-order valence-electron chi connectivity index (χ1n) is 6.27. The molecular weight excluding hydrogens is 306 g/mol. The van der Waals surface area contributed by atoms with Gasteiger partial charge in [0.1, 0.15) is 11.4 Å². The molecule has 2 heterocycles. The van der Waals surface area contributed by atoms with Crippen molar-refractivity contribution in [3.05, 3.63) is 40.1 Å². The molecule has 0 aliphatic rings. The zero-order chi connectivity index (χ0) is 16.4. The van der Waals surface area contributed by atoms with Gasteiger partial charge in [-0.05, 0) is 11.3 Å². The van der Waals surface area contributed by atoms with Crippen molar-refractivity contribution in [3.8, 4) is 5.75 Å². The van der Waals surface area contributed by atoms with Gasteiger partial charge in [-0.1, -0.05) is 11.2 Å². The number of ether oxygens (including phenoxy) is 1. The van der Waals surface area contributed by atoms with Crippen molar-refractivity contribution >= 4 is 28.4 Å². The number of nitrogens with zero attached hydrogens (tertiary/aromatic N) is 5. The summed E-state index contributed by atoms with van der Waals surface area (Å²) < 4.78 is 5.20. The molecule has 11 heteroatoms. The molecule has 0 fully saturated rings. The van der Waals surface area contributed by atoms with Gasteiger partial charge in [0.2, 0.25) is 0 Å². The monoisotopic (exact) mass is 315 g/mol. The number of benzene rings is 1. The molecule has 0 aliphatic carbocycles. The minimum absolute atomic E-state index is 0.0431. The van der Waals surface area contributed by atoms with Crippen LogP contribution in [0.3, 0.4) is 0 Å². The van der Waals surface area contributed by atoms with Gasteiger partial charge in [-0.3, -0.25) is 20.2 Å². The number of rotatable bonds is 4. The highest BCUT2D eigenvalue weighted by Crippen LogP contribution is 2.31. The summed E-state index contributed by atoms with van der Waals surface area (Å²) in [6.45, 7) is 0. The second-order valence-electron chi connectivity index (χ2n) is 4.33. The van der Waals surface area contributed by atoms with Gasteiger partial charge >= 0.3 is 0 Å². The van der Waals surface area contributed by atoms with Crippen molar-refractivity contribution in [2.24, 2.45) is 0 Å². The number of anilines is 1. The van der Waals surface area contributed by atoms with Crippen LogP contribution in [0.25, 0.3) is 10.9 Å². The van der Waals surface area contributed by atoms with E-state index in [9.17, 15) is 14.9 Å². The molecule has 0 aliphatic heterocycles. The van der Waals surface area contributed by atoms with E-state index in [1.165, 1.54) is 25.3 Å². The number of nitro groups is 1. The number of nitrogens with one attached hydrogen (secondary N) is 2. The SMILES string of the molecule is COc1cc(C(=O)Nc2nn[nH]n2)nc2c([N+](=O)[O-])cccc12. The Hall–Kier alpha value is -3.63. The number of non-ortho nitro benzene ring substituents is 1. The Morgan fingerprint density at radius 1 is 1.43 bits per heavy atom. The van der Waals surface area contributed by atoms with Gasteiger partial charge in [0.25, 0.3) is 17.5 Å². The highest BCUT2D eigenvalue weighted by atomic mass is 16.6.